The summed E-state index contributed by atoms with van der Waals surface area (Å²) in [6.45, 7) is 13.1. The van der Waals surface area contributed by atoms with Crippen LogP contribution in [0.25, 0.3) is 0 Å². The van der Waals surface area contributed by atoms with Gasteiger partial charge < -0.3 is 10.5 Å². The lowest BCUT2D eigenvalue weighted by Gasteiger charge is -2.30. The van der Waals surface area contributed by atoms with Crippen LogP contribution in [-0.2, 0) is 0 Å². The molecule has 1 aromatic carbocycles. The quantitative estimate of drug-likeness (QED) is 0.846. The highest BCUT2D eigenvalue weighted by molar-refractivity contribution is 5.36. The SMILES string of the molecule is CC(C)Oc1ccccc1C(N)CC(C)C(C)(C)C. The third-order valence-electron chi connectivity index (χ3n) is 3.77. The van der Waals surface area contributed by atoms with Crippen molar-refractivity contribution in [2.45, 2.75) is 60.1 Å². The Hall–Kier alpha value is -1.02. The summed E-state index contributed by atoms with van der Waals surface area (Å²) in [5.41, 5.74) is 7.79. The molecular weight excluding hydrogens is 234 g/mol. The molecule has 0 aliphatic rings. The number of nitrogens with two attached hydrogens (primary N) is 1. The topological polar surface area (TPSA) is 35.2 Å². The normalized spacial score (nSPS) is 15.4. The lowest BCUT2D eigenvalue weighted by atomic mass is 9.77. The van der Waals surface area contributed by atoms with Crippen LogP contribution in [0, 0.1) is 11.3 Å². The van der Waals surface area contributed by atoms with Crippen LogP contribution in [0.15, 0.2) is 24.3 Å². The molecule has 1 rings (SSSR count). The van der Waals surface area contributed by atoms with Crippen molar-refractivity contribution in [3.05, 3.63) is 29.8 Å². The maximum atomic E-state index is 6.39. The van der Waals surface area contributed by atoms with Crippen molar-refractivity contribution in [2.75, 3.05) is 0 Å². The highest BCUT2D eigenvalue weighted by atomic mass is 16.5. The van der Waals surface area contributed by atoms with Gasteiger partial charge in [-0.3, -0.25) is 0 Å². The summed E-state index contributed by atoms with van der Waals surface area (Å²) in [7, 11) is 0. The van der Waals surface area contributed by atoms with Crippen LogP contribution in [0.4, 0.5) is 0 Å². The molecule has 2 heteroatoms. The van der Waals surface area contributed by atoms with Crippen LogP contribution in [0.5, 0.6) is 5.75 Å². The molecule has 2 unspecified atom stereocenters. The summed E-state index contributed by atoms with van der Waals surface area (Å²) in [5.74, 6) is 1.49. The minimum absolute atomic E-state index is 0.0316. The van der Waals surface area contributed by atoms with Crippen molar-refractivity contribution in [3.8, 4) is 5.75 Å². The van der Waals surface area contributed by atoms with Gasteiger partial charge in [0.05, 0.1) is 6.10 Å². The molecule has 1 aromatic rings. The predicted octanol–water partition coefficient (Wildman–Crippen LogP) is 4.55. The standard InChI is InChI=1S/C17H29NO/c1-12(2)19-16-10-8-7-9-14(16)15(18)11-13(3)17(4,5)6/h7-10,12-13,15H,11,18H2,1-6H3. The van der Waals surface area contributed by atoms with Crippen LogP contribution < -0.4 is 10.5 Å². The highest BCUT2D eigenvalue weighted by Gasteiger charge is 2.24. The third-order valence-corrected chi connectivity index (χ3v) is 3.77. The van der Waals surface area contributed by atoms with Crippen molar-refractivity contribution < 1.29 is 4.74 Å². The number of hydrogen-bond donors (Lipinski definition) is 1. The van der Waals surface area contributed by atoms with Gasteiger partial charge in [0.15, 0.2) is 0 Å². The van der Waals surface area contributed by atoms with Gasteiger partial charge in [-0.15, -0.1) is 0 Å². The van der Waals surface area contributed by atoms with Gasteiger partial charge in [-0.2, -0.15) is 0 Å². The van der Waals surface area contributed by atoms with Gasteiger partial charge in [0.2, 0.25) is 0 Å². The summed E-state index contributed by atoms with van der Waals surface area (Å²) in [4.78, 5) is 0. The zero-order valence-electron chi connectivity index (χ0n) is 13.2. The lowest BCUT2D eigenvalue weighted by molar-refractivity contribution is 0.222. The van der Waals surface area contributed by atoms with E-state index in [2.05, 4.69) is 33.8 Å². The molecule has 0 spiro atoms. The van der Waals surface area contributed by atoms with Gasteiger partial charge in [-0.05, 0) is 37.7 Å². The zero-order valence-corrected chi connectivity index (χ0v) is 13.2. The van der Waals surface area contributed by atoms with Gasteiger partial charge in [0.1, 0.15) is 5.75 Å². The van der Waals surface area contributed by atoms with E-state index >= 15 is 0 Å². The molecule has 0 saturated carbocycles. The molecule has 0 saturated heterocycles. The lowest BCUT2D eigenvalue weighted by Crippen LogP contribution is -2.23. The largest absolute Gasteiger partial charge is 0.491 e. The summed E-state index contributed by atoms with van der Waals surface area (Å²) >= 11 is 0. The van der Waals surface area contributed by atoms with Gasteiger partial charge in [-0.25, -0.2) is 0 Å². The van der Waals surface area contributed by atoms with Gasteiger partial charge in [0, 0.05) is 11.6 Å². The van der Waals surface area contributed by atoms with E-state index in [-0.39, 0.29) is 17.6 Å². The fourth-order valence-electron chi connectivity index (χ4n) is 2.01. The van der Waals surface area contributed by atoms with Crippen LogP contribution in [-0.4, -0.2) is 6.10 Å². The monoisotopic (exact) mass is 263 g/mol. The Morgan fingerprint density at radius 1 is 1.11 bits per heavy atom. The van der Waals surface area contributed by atoms with Crippen molar-refractivity contribution >= 4 is 0 Å². The minimum Gasteiger partial charge on any atom is -0.491 e. The van der Waals surface area contributed by atoms with E-state index in [0.717, 1.165) is 17.7 Å². The molecule has 0 aliphatic carbocycles. The molecular formula is C17H29NO. The maximum absolute atomic E-state index is 6.39. The van der Waals surface area contributed by atoms with Gasteiger partial charge in [-0.1, -0.05) is 45.9 Å². The fraction of sp³-hybridized carbons (Fsp3) is 0.647. The second-order valence-corrected chi connectivity index (χ2v) is 6.81. The van der Waals surface area contributed by atoms with Crippen LogP contribution >= 0.6 is 0 Å². The van der Waals surface area contributed by atoms with E-state index in [9.17, 15) is 0 Å². The number of benzene rings is 1. The number of rotatable bonds is 5. The Morgan fingerprint density at radius 3 is 2.21 bits per heavy atom. The summed E-state index contributed by atoms with van der Waals surface area (Å²) in [6, 6.07) is 8.16. The zero-order chi connectivity index (χ0) is 14.6. The molecule has 108 valence electrons. The van der Waals surface area contributed by atoms with Crippen molar-refractivity contribution in [2.24, 2.45) is 17.1 Å². The predicted molar refractivity (Wildman–Crippen MR) is 82.4 cm³/mol. The van der Waals surface area contributed by atoms with E-state index in [1.807, 2.05) is 32.0 Å². The Morgan fingerprint density at radius 2 is 1.68 bits per heavy atom. The van der Waals surface area contributed by atoms with Crippen molar-refractivity contribution in [3.63, 3.8) is 0 Å². The molecule has 2 N–H and O–H groups in total. The molecule has 0 amide bonds. The van der Waals surface area contributed by atoms with E-state index in [0.29, 0.717) is 5.92 Å². The summed E-state index contributed by atoms with van der Waals surface area (Å²) < 4.78 is 5.85. The van der Waals surface area contributed by atoms with E-state index in [4.69, 9.17) is 10.5 Å². The van der Waals surface area contributed by atoms with Crippen molar-refractivity contribution in [1.82, 2.24) is 0 Å². The molecule has 0 fully saturated rings. The van der Waals surface area contributed by atoms with Gasteiger partial charge >= 0.3 is 0 Å². The van der Waals surface area contributed by atoms with E-state index < -0.39 is 0 Å². The second kappa shape index (κ2) is 6.42. The first-order valence-electron chi connectivity index (χ1n) is 7.23. The first-order valence-corrected chi connectivity index (χ1v) is 7.23. The molecule has 0 aromatic heterocycles. The molecule has 0 heterocycles. The Labute approximate surface area is 118 Å². The number of para-hydroxylation sites is 1. The van der Waals surface area contributed by atoms with Crippen LogP contribution in [0.1, 0.15) is 59.6 Å². The second-order valence-electron chi connectivity index (χ2n) is 6.81. The smallest absolute Gasteiger partial charge is 0.124 e. The van der Waals surface area contributed by atoms with Gasteiger partial charge in [0.25, 0.3) is 0 Å². The summed E-state index contributed by atoms with van der Waals surface area (Å²) in [5, 5.41) is 0. The molecule has 0 radical (unpaired) electrons. The molecule has 19 heavy (non-hydrogen) atoms. The van der Waals surface area contributed by atoms with Crippen LogP contribution in [0.3, 0.4) is 0 Å². The molecule has 0 aliphatic heterocycles. The average molecular weight is 263 g/mol. The maximum Gasteiger partial charge on any atom is 0.124 e. The molecule has 0 bridgehead atoms. The Bertz CT molecular complexity index is 392. The number of ether oxygens (including phenoxy) is 1. The van der Waals surface area contributed by atoms with Crippen molar-refractivity contribution in [1.29, 1.82) is 0 Å². The number of hydrogen-bond acceptors (Lipinski definition) is 2. The van der Waals surface area contributed by atoms with Crippen LogP contribution in [0.2, 0.25) is 0 Å². The summed E-state index contributed by atoms with van der Waals surface area (Å²) in [6.07, 6.45) is 1.15. The first kappa shape index (κ1) is 16.0. The fourth-order valence-corrected chi connectivity index (χ4v) is 2.01. The third kappa shape index (κ3) is 4.87. The Kier molecular flexibility index (Phi) is 5.42. The van der Waals surface area contributed by atoms with E-state index in [1.54, 1.807) is 0 Å². The average Bonchev–Trinajstić information content (AvgIpc) is 2.27. The molecule has 2 nitrogen and oxygen atoms in total. The molecule has 2 atom stereocenters. The minimum atomic E-state index is 0.0316. The Balaban J connectivity index is 2.84. The van der Waals surface area contributed by atoms with E-state index in [1.165, 1.54) is 0 Å². The first-order chi connectivity index (χ1) is 8.71. The highest BCUT2D eigenvalue weighted by Crippen LogP contribution is 2.35.